The highest BCUT2D eigenvalue weighted by Gasteiger charge is 2.13. The lowest BCUT2D eigenvalue weighted by Crippen LogP contribution is -2.21. The number of ether oxygens (including phenoxy) is 3. The van der Waals surface area contributed by atoms with Crippen molar-refractivity contribution in [2.24, 2.45) is 0 Å². The third-order valence-corrected chi connectivity index (χ3v) is 4.24. The molecule has 0 fully saturated rings. The van der Waals surface area contributed by atoms with E-state index < -0.39 is 18.5 Å². The van der Waals surface area contributed by atoms with Crippen LogP contribution >= 0.6 is 0 Å². The maximum Gasteiger partial charge on any atom is 0.338 e. The van der Waals surface area contributed by atoms with Gasteiger partial charge in [-0.25, -0.2) is 4.79 Å². The van der Waals surface area contributed by atoms with Gasteiger partial charge in [-0.15, -0.1) is 0 Å². The lowest BCUT2D eigenvalue weighted by Gasteiger charge is -2.12. The second-order valence-corrected chi connectivity index (χ2v) is 6.13. The molecule has 0 spiro atoms. The number of benzene rings is 3. The Morgan fingerprint density at radius 3 is 2.17 bits per heavy atom. The first-order valence-electron chi connectivity index (χ1n) is 8.95. The fourth-order valence-corrected chi connectivity index (χ4v) is 2.73. The number of carbonyl (C=O) groups excluding carboxylic acids is 2. The SMILES string of the molecule is COc1ccc(NC(=O)COC(=O)c2ccc(-c3ccccc3)cc2)c(OC)c1. The van der Waals surface area contributed by atoms with Gasteiger partial charge in [-0.1, -0.05) is 42.5 Å². The van der Waals surface area contributed by atoms with E-state index in [1.165, 1.54) is 7.11 Å². The summed E-state index contributed by atoms with van der Waals surface area (Å²) in [4.78, 5) is 24.3. The van der Waals surface area contributed by atoms with Crippen LogP contribution in [0.1, 0.15) is 10.4 Å². The van der Waals surface area contributed by atoms with Crippen LogP contribution in [0.2, 0.25) is 0 Å². The quantitative estimate of drug-likeness (QED) is 0.612. The molecule has 0 atom stereocenters. The number of hydrogen-bond donors (Lipinski definition) is 1. The molecule has 3 aromatic rings. The van der Waals surface area contributed by atoms with Crippen molar-refractivity contribution in [3.8, 4) is 22.6 Å². The van der Waals surface area contributed by atoms with Gasteiger partial charge in [-0.05, 0) is 35.4 Å². The summed E-state index contributed by atoms with van der Waals surface area (Å²) in [5, 5.41) is 2.65. The van der Waals surface area contributed by atoms with Crippen molar-refractivity contribution in [2.45, 2.75) is 0 Å². The lowest BCUT2D eigenvalue weighted by molar-refractivity contribution is -0.119. The van der Waals surface area contributed by atoms with Gasteiger partial charge in [-0.2, -0.15) is 0 Å². The fourth-order valence-electron chi connectivity index (χ4n) is 2.73. The maximum absolute atomic E-state index is 12.2. The molecule has 0 aliphatic heterocycles. The molecule has 0 saturated heterocycles. The lowest BCUT2D eigenvalue weighted by atomic mass is 10.0. The molecule has 0 bridgehead atoms. The highest BCUT2D eigenvalue weighted by atomic mass is 16.5. The third kappa shape index (κ3) is 5.13. The Balaban J connectivity index is 1.57. The van der Waals surface area contributed by atoms with Gasteiger partial charge in [0.15, 0.2) is 6.61 Å². The van der Waals surface area contributed by atoms with Gasteiger partial charge in [0.1, 0.15) is 11.5 Å². The third-order valence-electron chi connectivity index (χ3n) is 4.24. The monoisotopic (exact) mass is 391 g/mol. The van der Waals surface area contributed by atoms with Crippen LogP contribution in [-0.2, 0) is 9.53 Å². The van der Waals surface area contributed by atoms with Crippen LogP contribution in [0.25, 0.3) is 11.1 Å². The van der Waals surface area contributed by atoms with Crippen molar-refractivity contribution in [1.29, 1.82) is 0 Å². The van der Waals surface area contributed by atoms with Crippen LogP contribution in [0.15, 0.2) is 72.8 Å². The van der Waals surface area contributed by atoms with Crippen molar-refractivity contribution in [2.75, 3.05) is 26.1 Å². The van der Waals surface area contributed by atoms with E-state index in [1.54, 1.807) is 37.4 Å². The Morgan fingerprint density at radius 1 is 0.828 bits per heavy atom. The summed E-state index contributed by atoms with van der Waals surface area (Å²) in [5.41, 5.74) is 2.88. The minimum atomic E-state index is -0.568. The topological polar surface area (TPSA) is 73.9 Å². The summed E-state index contributed by atoms with van der Waals surface area (Å²) in [6.07, 6.45) is 0. The molecule has 1 amide bonds. The Morgan fingerprint density at radius 2 is 1.52 bits per heavy atom. The summed E-state index contributed by atoms with van der Waals surface area (Å²) in [6.45, 7) is -0.408. The summed E-state index contributed by atoms with van der Waals surface area (Å²) in [5.74, 6) is 0.00920. The minimum absolute atomic E-state index is 0.375. The Labute approximate surface area is 169 Å². The molecule has 0 aliphatic rings. The van der Waals surface area contributed by atoms with Crippen LogP contribution < -0.4 is 14.8 Å². The first-order valence-corrected chi connectivity index (χ1v) is 8.95. The molecule has 0 saturated carbocycles. The molecule has 6 nitrogen and oxygen atoms in total. The molecule has 0 heterocycles. The van der Waals surface area contributed by atoms with Gasteiger partial charge in [0.25, 0.3) is 5.91 Å². The number of esters is 1. The predicted octanol–water partition coefficient (Wildman–Crippen LogP) is 4.17. The van der Waals surface area contributed by atoms with Crippen LogP contribution in [0.3, 0.4) is 0 Å². The molecule has 148 valence electrons. The molecule has 3 rings (SSSR count). The first-order chi connectivity index (χ1) is 14.1. The largest absolute Gasteiger partial charge is 0.497 e. The molecular formula is C23H21NO5. The summed E-state index contributed by atoms with van der Waals surface area (Å²) in [7, 11) is 3.03. The maximum atomic E-state index is 12.2. The van der Waals surface area contributed by atoms with Gasteiger partial charge in [0.05, 0.1) is 25.5 Å². The van der Waals surface area contributed by atoms with E-state index in [9.17, 15) is 9.59 Å². The molecule has 6 heteroatoms. The van der Waals surface area contributed by atoms with E-state index in [2.05, 4.69) is 5.32 Å². The zero-order chi connectivity index (χ0) is 20.6. The Hall–Kier alpha value is -3.80. The van der Waals surface area contributed by atoms with E-state index in [0.717, 1.165) is 11.1 Å². The van der Waals surface area contributed by atoms with E-state index in [1.807, 2.05) is 42.5 Å². The van der Waals surface area contributed by atoms with Crippen LogP contribution in [-0.4, -0.2) is 32.7 Å². The average molecular weight is 391 g/mol. The van der Waals surface area contributed by atoms with E-state index in [-0.39, 0.29) is 0 Å². The van der Waals surface area contributed by atoms with Crippen LogP contribution in [0.5, 0.6) is 11.5 Å². The highest BCUT2D eigenvalue weighted by molar-refractivity contribution is 5.96. The van der Waals surface area contributed by atoms with Gasteiger partial charge >= 0.3 is 5.97 Å². The van der Waals surface area contributed by atoms with Gasteiger partial charge in [0, 0.05) is 6.07 Å². The molecule has 29 heavy (non-hydrogen) atoms. The summed E-state index contributed by atoms with van der Waals surface area (Å²) in [6, 6.07) is 21.9. The van der Waals surface area contributed by atoms with Crippen LogP contribution in [0.4, 0.5) is 5.69 Å². The number of amides is 1. The fraction of sp³-hybridized carbons (Fsp3) is 0.130. The first kappa shape index (κ1) is 19.9. The minimum Gasteiger partial charge on any atom is -0.497 e. The number of anilines is 1. The van der Waals surface area contributed by atoms with Crippen molar-refractivity contribution < 1.29 is 23.8 Å². The highest BCUT2D eigenvalue weighted by Crippen LogP contribution is 2.29. The summed E-state index contributed by atoms with van der Waals surface area (Å²) < 4.78 is 15.5. The van der Waals surface area contributed by atoms with Crippen molar-refractivity contribution in [1.82, 2.24) is 0 Å². The molecule has 0 unspecified atom stereocenters. The van der Waals surface area contributed by atoms with E-state index in [4.69, 9.17) is 14.2 Å². The van der Waals surface area contributed by atoms with Gasteiger partial charge in [-0.3, -0.25) is 4.79 Å². The van der Waals surface area contributed by atoms with E-state index in [0.29, 0.717) is 22.7 Å². The number of hydrogen-bond acceptors (Lipinski definition) is 5. The molecule has 3 aromatic carbocycles. The number of nitrogens with one attached hydrogen (secondary N) is 1. The molecule has 0 aliphatic carbocycles. The predicted molar refractivity (Wildman–Crippen MR) is 110 cm³/mol. The number of rotatable bonds is 7. The van der Waals surface area contributed by atoms with Crippen molar-refractivity contribution in [3.05, 3.63) is 78.4 Å². The Bertz CT molecular complexity index is 984. The standard InChI is InChI=1S/C23H21NO5/c1-27-19-12-13-20(21(14-19)28-2)24-22(25)15-29-23(26)18-10-8-17(9-11-18)16-6-4-3-5-7-16/h3-14H,15H2,1-2H3,(H,24,25). The summed E-state index contributed by atoms with van der Waals surface area (Å²) >= 11 is 0. The van der Waals surface area contributed by atoms with Crippen LogP contribution in [0, 0.1) is 0 Å². The van der Waals surface area contributed by atoms with Gasteiger partial charge in [0.2, 0.25) is 0 Å². The van der Waals surface area contributed by atoms with E-state index >= 15 is 0 Å². The normalized spacial score (nSPS) is 10.1. The smallest absolute Gasteiger partial charge is 0.338 e. The zero-order valence-electron chi connectivity index (χ0n) is 16.2. The molecule has 0 radical (unpaired) electrons. The zero-order valence-corrected chi connectivity index (χ0v) is 16.2. The Kier molecular flexibility index (Phi) is 6.47. The van der Waals surface area contributed by atoms with Crippen molar-refractivity contribution in [3.63, 3.8) is 0 Å². The number of carbonyl (C=O) groups is 2. The average Bonchev–Trinajstić information content (AvgIpc) is 2.78. The van der Waals surface area contributed by atoms with Gasteiger partial charge < -0.3 is 19.5 Å². The second kappa shape index (κ2) is 9.41. The second-order valence-electron chi connectivity index (χ2n) is 6.13. The molecule has 1 N–H and O–H groups in total. The molecule has 0 aromatic heterocycles. The number of methoxy groups -OCH3 is 2. The van der Waals surface area contributed by atoms with Crippen molar-refractivity contribution >= 4 is 17.6 Å². The molecular weight excluding hydrogens is 370 g/mol.